The van der Waals surface area contributed by atoms with E-state index < -0.39 is 0 Å². The van der Waals surface area contributed by atoms with Crippen LogP contribution in [0.3, 0.4) is 0 Å². The zero-order valence-electron chi connectivity index (χ0n) is 17.7. The molecule has 0 saturated carbocycles. The van der Waals surface area contributed by atoms with E-state index in [0.717, 1.165) is 61.3 Å². The van der Waals surface area contributed by atoms with Gasteiger partial charge in [0.05, 0.1) is 5.69 Å². The first-order valence-corrected chi connectivity index (χ1v) is 11.0. The third-order valence-corrected chi connectivity index (χ3v) is 6.22. The van der Waals surface area contributed by atoms with Gasteiger partial charge in [-0.05, 0) is 72.7 Å². The van der Waals surface area contributed by atoms with Crippen molar-refractivity contribution in [2.45, 2.75) is 32.2 Å². The Morgan fingerprint density at radius 3 is 2.78 bits per heavy atom. The first-order chi connectivity index (χ1) is 15.7. The second-order valence-electron chi connectivity index (χ2n) is 8.33. The van der Waals surface area contributed by atoms with Gasteiger partial charge in [0.15, 0.2) is 5.82 Å². The number of hydrogen-bond acceptors (Lipinski definition) is 7. The molecule has 2 aliphatic rings. The number of fused-ring (bicyclic) bond motifs is 4. The number of nitrogens with two attached hydrogens (primary N) is 1. The number of aryl methyl sites for hydroxylation is 2. The number of rotatable bonds is 3. The quantitative estimate of drug-likeness (QED) is 0.464. The standard InChI is InChI=1S/C24H24N8/c25-23-28-24(27-19-9-8-15-10-11-26-14-18(15)12-19)31-32(23)21-13-17-6-3-5-16-4-1-2-7-20(16)22(17)30-29-21/h1-2,4,7-9,12-13,26H,3,5-6,10-11,14H2,(H3,25,27,28,31). The molecule has 1 aliphatic carbocycles. The van der Waals surface area contributed by atoms with E-state index >= 15 is 0 Å². The summed E-state index contributed by atoms with van der Waals surface area (Å²) in [5, 5.41) is 20.2. The maximum Gasteiger partial charge on any atom is 0.248 e. The zero-order chi connectivity index (χ0) is 21.5. The molecule has 8 nitrogen and oxygen atoms in total. The second-order valence-corrected chi connectivity index (χ2v) is 8.33. The molecule has 0 fully saturated rings. The summed E-state index contributed by atoms with van der Waals surface area (Å²) in [6.07, 6.45) is 4.10. The number of benzene rings is 2. The summed E-state index contributed by atoms with van der Waals surface area (Å²) >= 11 is 0. The highest BCUT2D eigenvalue weighted by Crippen LogP contribution is 2.31. The second kappa shape index (κ2) is 7.72. The van der Waals surface area contributed by atoms with Gasteiger partial charge in [0.25, 0.3) is 0 Å². The van der Waals surface area contributed by atoms with E-state index in [-0.39, 0.29) is 5.95 Å². The van der Waals surface area contributed by atoms with E-state index in [1.54, 1.807) is 4.68 Å². The van der Waals surface area contributed by atoms with Crippen LogP contribution in [0.1, 0.15) is 28.7 Å². The Hall–Kier alpha value is -3.78. The molecule has 4 N–H and O–H groups in total. The van der Waals surface area contributed by atoms with Crippen LogP contribution in [0.5, 0.6) is 0 Å². The molecule has 0 saturated heterocycles. The van der Waals surface area contributed by atoms with Crippen molar-refractivity contribution in [1.29, 1.82) is 0 Å². The molecule has 8 heteroatoms. The van der Waals surface area contributed by atoms with Crippen LogP contribution in [0.25, 0.3) is 17.1 Å². The fourth-order valence-corrected chi connectivity index (χ4v) is 4.61. The average molecular weight is 425 g/mol. The van der Waals surface area contributed by atoms with Crippen LogP contribution < -0.4 is 16.4 Å². The van der Waals surface area contributed by atoms with Crippen molar-refractivity contribution in [3.63, 3.8) is 0 Å². The maximum absolute atomic E-state index is 6.19. The van der Waals surface area contributed by atoms with Crippen LogP contribution in [0.2, 0.25) is 0 Å². The summed E-state index contributed by atoms with van der Waals surface area (Å²) in [6.45, 7) is 1.90. The Morgan fingerprint density at radius 1 is 0.906 bits per heavy atom. The molecule has 4 aromatic rings. The lowest BCUT2D eigenvalue weighted by molar-refractivity contribution is 0.644. The third-order valence-electron chi connectivity index (χ3n) is 6.22. The molecule has 2 aromatic heterocycles. The summed E-state index contributed by atoms with van der Waals surface area (Å²) < 4.78 is 1.55. The van der Waals surface area contributed by atoms with Crippen LogP contribution in [0, 0.1) is 0 Å². The Bertz CT molecular complexity index is 1310. The van der Waals surface area contributed by atoms with Crippen LogP contribution >= 0.6 is 0 Å². The molecule has 0 amide bonds. The summed E-state index contributed by atoms with van der Waals surface area (Å²) in [5.74, 6) is 1.29. The van der Waals surface area contributed by atoms with Crippen LogP contribution in [-0.2, 0) is 25.8 Å². The summed E-state index contributed by atoms with van der Waals surface area (Å²) in [5.41, 5.74) is 14.4. The van der Waals surface area contributed by atoms with E-state index in [1.165, 1.54) is 16.7 Å². The largest absolute Gasteiger partial charge is 0.368 e. The highest BCUT2D eigenvalue weighted by molar-refractivity contribution is 5.68. The molecule has 1 aliphatic heterocycles. The molecule has 2 aromatic carbocycles. The van der Waals surface area contributed by atoms with Gasteiger partial charge in [0.2, 0.25) is 11.9 Å². The molecule has 32 heavy (non-hydrogen) atoms. The van der Waals surface area contributed by atoms with Crippen molar-refractivity contribution in [2.24, 2.45) is 0 Å². The highest BCUT2D eigenvalue weighted by atomic mass is 15.4. The average Bonchev–Trinajstić information content (AvgIpc) is 3.08. The van der Waals surface area contributed by atoms with Gasteiger partial charge in [-0.15, -0.1) is 15.3 Å². The van der Waals surface area contributed by atoms with Crippen molar-refractivity contribution in [3.05, 3.63) is 70.8 Å². The number of nitrogens with zero attached hydrogens (tertiary/aromatic N) is 5. The van der Waals surface area contributed by atoms with Crippen molar-refractivity contribution in [3.8, 4) is 17.1 Å². The van der Waals surface area contributed by atoms with Gasteiger partial charge in [-0.2, -0.15) is 9.67 Å². The van der Waals surface area contributed by atoms with Crippen molar-refractivity contribution in [2.75, 3.05) is 17.6 Å². The SMILES string of the molecule is Nc1nc(Nc2ccc3c(c2)CNCC3)nn1-c1cc2c(nn1)-c1ccccc1CCC2. The Labute approximate surface area is 185 Å². The number of aromatic nitrogens is 5. The molecule has 0 atom stereocenters. The number of nitrogens with one attached hydrogen (secondary N) is 2. The van der Waals surface area contributed by atoms with Crippen LogP contribution in [-0.4, -0.2) is 31.5 Å². The van der Waals surface area contributed by atoms with Crippen LogP contribution in [0.4, 0.5) is 17.6 Å². The van der Waals surface area contributed by atoms with E-state index in [4.69, 9.17) is 5.73 Å². The molecular formula is C24H24N8. The van der Waals surface area contributed by atoms with Gasteiger partial charge >= 0.3 is 0 Å². The topological polar surface area (TPSA) is 107 Å². The molecule has 0 bridgehead atoms. The Morgan fingerprint density at radius 2 is 1.81 bits per heavy atom. The van der Waals surface area contributed by atoms with Gasteiger partial charge in [-0.1, -0.05) is 30.3 Å². The zero-order valence-corrected chi connectivity index (χ0v) is 17.7. The molecule has 0 radical (unpaired) electrons. The summed E-state index contributed by atoms with van der Waals surface area (Å²) in [4.78, 5) is 4.40. The lowest BCUT2D eigenvalue weighted by Gasteiger charge is -2.17. The van der Waals surface area contributed by atoms with Gasteiger partial charge < -0.3 is 16.4 Å². The van der Waals surface area contributed by atoms with Gasteiger partial charge in [0.1, 0.15) is 0 Å². The molecule has 0 spiro atoms. The smallest absolute Gasteiger partial charge is 0.248 e. The van der Waals surface area contributed by atoms with Gasteiger partial charge in [-0.25, -0.2) is 0 Å². The number of hydrogen-bond donors (Lipinski definition) is 3. The van der Waals surface area contributed by atoms with Crippen molar-refractivity contribution < 1.29 is 0 Å². The van der Waals surface area contributed by atoms with Gasteiger partial charge in [0, 0.05) is 17.8 Å². The predicted octanol–water partition coefficient (Wildman–Crippen LogP) is 3.18. The molecule has 0 unspecified atom stereocenters. The predicted molar refractivity (Wildman–Crippen MR) is 124 cm³/mol. The Kier molecular flexibility index (Phi) is 4.57. The van der Waals surface area contributed by atoms with Gasteiger partial charge in [-0.3, -0.25) is 0 Å². The molecular weight excluding hydrogens is 400 g/mol. The first-order valence-electron chi connectivity index (χ1n) is 11.0. The van der Waals surface area contributed by atoms with Crippen molar-refractivity contribution in [1.82, 2.24) is 30.3 Å². The van der Waals surface area contributed by atoms with E-state index in [9.17, 15) is 0 Å². The van der Waals surface area contributed by atoms with Crippen LogP contribution in [0.15, 0.2) is 48.5 Å². The van der Waals surface area contributed by atoms with E-state index in [1.807, 2.05) is 12.1 Å². The summed E-state index contributed by atoms with van der Waals surface area (Å²) in [7, 11) is 0. The normalized spacial score (nSPS) is 14.8. The maximum atomic E-state index is 6.19. The molecule has 6 rings (SSSR count). The van der Waals surface area contributed by atoms with E-state index in [0.29, 0.717) is 11.8 Å². The van der Waals surface area contributed by atoms with Crippen molar-refractivity contribution >= 4 is 17.6 Å². The Balaban J connectivity index is 1.31. The molecule has 160 valence electrons. The fraction of sp³-hybridized carbons (Fsp3) is 0.250. The minimum absolute atomic E-state index is 0.274. The monoisotopic (exact) mass is 424 g/mol. The minimum atomic E-state index is 0.274. The third kappa shape index (κ3) is 3.38. The number of nitrogen functional groups attached to an aromatic ring is 1. The molecule has 3 heterocycles. The van der Waals surface area contributed by atoms with E-state index in [2.05, 4.69) is 67.3 Å². The lowest BCUT2D eigenvalue weighted by Crippen LogP contribution is -2.23. The highest BCUT2D eigenvalue weighted by Gasteiger charge is 2.19. The lowest BCUT2D eigenvalue weighted by atomic mass is 10.0. The fourth-order valence-electron chi connectivity index (χ4n) is 4.61. The summed E-state index contributed by atoms with van der Waals surface area (Å²) in [6, 6.07) is 16.8. The number of anilines is 3. The first kappa shape index (κ1) is 18.9. The minimum Gasteiger partial charge on any atom is -0.368 e.